The monoisotopic (exact) mass is 318 g/mol. The van der Waals surface area contributed by atoms with E-state index in [1.165, 1.54) is 0 Å². The van der Waals surface area contributed by atoms with Crippen LogP contribution < -0.4 is 5.11 Å². The number of aliphatic carboxylic acids is 1. The Kier molecular flexibility index (Phi) is 4.43. The van der Waals surface area contributed by atoms with Crippen molar-refractivity contribution in [3.05, 3.63) is 0 Å². The van der Waals surface area contributed by atoms with Crippen LogP contribution in [0.15, 0.2) is 0 Å². The molecule has 0 aliphatic heterocycles. The molecule has 48 valence electrons. The van der Waals surface area contributed by atoms with E-state index in [0.717, 1.165) is 25.7 Å². The van der Waals surface area contributed by atoms with E-state index in [-0.39, 0.29) is 33.2 Å². The predicted molar refractivity (Wildman–Crippen MR) is 32.7 cm³/mol. The Morgan fingerprint density at radius 2 is 1.78 bits per heavy atom. The second kappa shape index (κ2) is 4.25. The minimum absolute atomic E-state index is 0. The van der Waals surface area contributed by atoms with Gasteiger partial charge >= 0.3 is 27.3 Å². The fourth-order valence-corrected chi connectivity index (χ4v) is 1.16. The van der Waals surface area contributed by atoms with E-state index in [0.29, 0.717) is 0 Å². The van der Waals surface area contributed by atoms with E-state index >= 15 is 0 Å². The minimum Gasteiger partial charge on any atom is -0.550 e. The molecule has 0 N–H and O–H groups in total. The Bertz CT molecular complexity index is 97.2. The van der Waals surface area contributed by atoms with Gasteiger partial charge in [-0.1, -0.05) is 12.8 Å². The fraction of sp³-hybridized carbons (Fsp3) is 0.833. The zero-order valence-corrected chi connectivity index (χ0v) is 9.79. The second-order valence-corrected chi connectivity index (χ2v) is 2.30. The summed E-state index contributed by atoms with van der Waals surface area (Å²) in [6.07, 6.45) is 3.81. The molecule has 1 saturated carbocycles. The Morgan fingerprint density at radius 1 is 1.33 bits per heavy atom. The van der Waals surface area contributed by atoms with Gasteiger partial charge in [-0.3, -0.25) is 0 Å². The molecule has 0 bridgehead atoms. The molecule has 0 heterocycles. The van der Waals surface area contributed by atoms with Gasteiger partial charge in [0.15, 0.2) is 0 Å². The summed E-state index contributed by atoms with van der Waals surface area (Å²) in [6.45, 7) is 0. The molecular weight excluding hydrogens is 308 g/mol. The number of carbonyl (C=O) groups excluding carboxylic acids is 1. The molecule has 0 aromatic carbocycles. The number of rotatable bonds is 1. The molecule has 1 aliphatic carbocycles. The van der Waals surface area contributed by atoms with E-state index < -0.39 is 5.97 Å². The van der Waals surface area contributed by atoms with Crippen molar-refractivity contribution in [3.8, 4) is 0 Å². The average Bonchev–Trinajstić information content (AvgIpc) is 2.12. The number of hydrogen-bond donors (Lipinski definition) is 0. The zero-order chi connectivity index (χ0) is 5.98. The van der Waals surface area contributed by atoms with Gasteiger partial charge in [0.25, 0.3) is 0 Å². The summed E-state index contributed by atoms with van der Waals surface area (Å²) < 4.78 is 0. The number of carboxylic acids is 1. The van der Waals surface area contributed by atoms with Crippen LogP contribution in [0.5, 0.6) is 0 Å². The van der Waals surface area contributed by atoms with Crippen molar-refractivity contribution in [3.63, 3.8) is 0 Å². The summed E-state index contributed by atoms with van der Waals surface area (Å²) >= 11 is 0. The topological polar surface area (TPSA) is 40.1 Å². The Morgan fingerprint density at radius 3 is 2.00 bits per heavy atom. The van der Waals surface area contributed by atoms with Crippen molar-refractivity contribution in [2.45, 2.75) is 25.7 Å². The van der Waals surface area contributed by atoms with Gasteiger partial charge in [0.05, 0.1) is 0 Å². The average molecular weight is 318 g/mol. The molecule has 3 heteroatoms. The molecule has 0 spiro atoms. The molecular formula is C6H9O2Tl. The van der Waals surface area contributed by atoms with Crippen LogP contribution in [0.4, 0.5) is 0 Å². The molecule has 1 rings (SSSR count). The molecule has 0 radical (unpaired) electrons. The van der Waals surface area contributed by atoms with Crippen molar-refractivity contribution < 1.29 is 9.90 Å². The SMILES string of the molecule is O=C([O-])C1CCCC1.[Tl+]. The van der Waals surface area contributed by atoms with Crippen molar-refractivity contribution in [1.82, 2.24) is 0 Å². The third-order valence-corrected chi connectivity index (χ3v) is 1.69. The van der Waals surface area contributed by atoms with Gasteiger partial charge in [-0.2, -0.15) is 0 Å². The first-order valence-electron chi connectivity index (χ1n) is 3.01. The summed E-state index contributed by atoms with van der Waals surface area (Å²) in [7, 11) is 0. The van der Waals surface area contributed by atoms with E-state index in [2.05, 4.69) is 0 Å². The van der Waals surface area contributed by atoms with Crippen molar-refractivity contribution in [2.24, 2.45) is 5.92 Å². The number of carbonyl (C=O) groups is 1. The van der Waals surface area contributed by atoms with Crippen LogP contribution in [0.25, 0.3) is 0 Å². The third kappa shape index (κ3) is 2.64. The van der Waals surface area contributed by atoms with Gasteiger partial charge < -0.3 is 9.90 Å². The molecule has 1 aliphatic rings. The second-order valence-electron chi connectivity index (χ2n) is 2.30. The molecule has 0 aromatic heterocycles. The summed E-state index contributed by atoms with van der Waals surface area (Å²) in [6, 6.07) is 0. The number of carboxylic acid groups (broad SMARTS) is 1. The summed E-state index contributed by atoms with van der Waals surface area (Å²) in [5.41, 5.74) is 0. The van der Waals surface area contributed by atoms with Crippen LogP contribution in [0.1, 0.15) is 25.7 Å². The van der Waals surface area contributed by atoms with Crippen molar-refractivity contribution >= 4 is 33.3 Å². The van der Waals surface area contributed by atoms with Gasteiger partial charge in [0.1, 0.15) is 0 Å². The first-order chi connectivity index (χ1) is 3.80. The maximum absolute atomic E-state index is 10.1. The van der Waals surface area contributed by atoms with E-state index in [4.69, 9.17) is 0 Å². The molecule has 0 saturated heterocycles. The smallest absolute Gasteiger partial charge is 0.550 e. The molecule has 1 fully saturated rings. The Hall–Kier alpha value is 0.392. The minimum atomic E-state index is -0.859. The zero-order valence-electron chi connectivity index (χ0n) is 5.30. The van der Waals surface area contributed by atoms with Crippen molar-refractivity contribution in [1.29, 1.82) is 0 Å². The summed E-state index contributed by atoms with van der Waals surface area (Å²) in [4.78, 5) is 10.1. The first-order valence-corrected chi connectivity index (χ1v) is 3.01. The van der Waals surface area contributed by atoms with Gasteiger partial charge in [0.2, 0.25) is 0 Å². The van der Waals surface area contributed by atoms with Crippen molar-refractivity contribution in [2.75, 3.05) is 0 Å². The van der Waals surface area contributed by atoms with Crippen LogP contribution in [0, 0.1) is 5.92 Å². The van der Waals surface area contributed by atoms with Gasteiger partial charge in [-0.25, -0.2) is 0 Å². The van der Waals surface area contributed by atoms with Crippen LogP contribution in [0.3, 0.4) is 0 Å². The van der Waals surface area contributed by atoms with Gasteiger partial charge in [-0.05, 0) is 18.8 Å². The van der Waals surface area contributed by atoms with E-state index in [9.17, 15) is 9.90 Å². The fourth-order valence-electron chi connectivity index (χ4n) is 1.16. The van der Waals surface area contributed by atoms with Crippen LogP contribution in [-0.2, 0) is 4.79 Å². The normalized spacial score (nSPS) is 19.1. The van der Waals surface area contributed by atoms with Crippen LogP contribution in [-0.4, -0.2) is 33.3 Å². The van der Waals surface area contributed by atoms with Gasteiger partial charge in [-0.15, -0.1) is 0 Å². The molecule has 0 unspecified atom stereocenters. The van der Waals surface area contributed by atoms with Crippen LogP contribution in [0.2, 0.25) is 0 Å². The Balaban J connectivity index is 0.000000640. The molecule has 9 heavy (non-hydrogen) atoms. The Labute approximate surface area is 74.8 Å². The van der Waals surface area contributed by atoms with Gasteiger partial charge in [0, 0.05) is 5.97 Å². The quantitative estimate of drug-likeness (QED) is 0.615. The maximum Gasteiger partial charge on any atom is 1.00 e. The standard InChI is InChI=1S/C6H10O2.Tl/c7-6(8)5-3-1-2-4-5;/h5H,1-4H2,(H,7,8);/q;+1/p-1. The first kappa shape index (κ1) is 9.39. The molecule has 0 atom stereocenters. The molecule has 2 nitrogen and oxygen atoms in total. The van der Waals surface area contributed by atoms with Crippen LogP contribution >= 0.6 is 0 Å². The third-order valence-electron chi connectivity index (χ3n) is 1.69. The predicted octanol–water partition coefficient (Wildman–Crippen LogP) is -0.454. The maximum atomic E-state index is 10.1. The molecule has 0 amide bonds. The summed E-state index contributed by atoms with van der Waals surface area (Å²) in [5, 5.41) is 10.1. The summed E-state index contributed by atoms with van der Waals surface area (Å²) in [5.74, 6) is -0.988. The number of hydrogen-bond acceptors (Lipinski definition) is 2. The largest absolute Gasteiger partial charge is 1.00 e. The molecule has 0 aromatic rings. The van der Waals surface area contributed by atoms with E-state index in [1.807, 2.05) is 0 Å². The van der Waals surface area contributed by atoms with E-state index in [1.54, 1.807) is 0 Å².